The maximum atomic E-state index is 14.9. The summed E-state index contributed by atoms with van der Waals surface area (Å²) in [5.74, 6) is -0.502. The zero-order valence-electron chi connectivity index (χ0n) is 16.7. The second kappa shape index (κ2) is 8.28. The highest BCUT2D eigenvalue weighted by atomic mass is 35.5. The third kappa shape index (κ3) is 3.80. The van der Waals surface area contributed by atoms with Crippen molar-refractivity contribution in [1.82, 2.24) is 9.97 Å². The molecule has 2 aromatic heterocycles. The molecule has 31 heavy (non-hydrogen) atoms. The summed E-state index contributed by atoms with van der Waals surface area (Å²) in [6.07, 6.45) is 2.93. The van der Waals surface area contributed by atoms with E-state index < -0.39 is 11.9 Å². The minimum atomic E-state index is -0.759. The molecule has 2 aromatic carbocycles. The summed E-state index contributed by atoms with van der Waals surface area (Å²) in [5.41, 5.74) is 1.65. The maximum Gasteiger partial charge on any atom is 0.169 e. The molecule has 158 valence electrons. The number of hydrogen-bond donors (Lipinski definition) is 3. The lowest BCUT2D eigenvalue weighted by atomic mass is 9.95. The van der Waals surface area contributed by atoms with E-state index in [1.54, 1.807) is 37.4 Å². The first-order valence-corrected chi connectivity index (χ1v) is 9.79. The van der Waals surface area contributed by atoms with Gasteiger partial charge in [0.15, 0.2) is 23.1 Å². The number of aromatic nitrogens is 2. The molecule has 4 aromatic rings. The summed E-state index contributed by atoms with van der Waals surface area (Å²) in [5, 5.41) is 25.3. The van der Waals surface area contributed by atoms with Crippen molar-refractivity contribution in [3.05, 3.63) is 82.4 Å². The standard InChI is InChI=1S/C23H19ClFN3O3/c1-12-16(24)11-27-23(19(12)25)28-20(14-6-8-18(31-2)17(29)10-14)15-7-5-13-4-3-9-26-21(13)22(15)30/h3-11,20,29-30H,1-2H3,(H,27,28). The number of phenols is 2. The van der Waals surface area contributed by atoms with Crippen molar-refractivity contribution in [3.63, 3.8) is 0 Å². The normalized spacial score (nSPS) is 12.0. The van der Waals surface area contributed by atoms with Crippen molar-refractivity contribution in [2.24, 2.45) is 0 Å². The number of pyridine rings is 2. The van der Waals surface area contributed by atoms with Crippen LogP contribution in [0.5, 0.6) is 17.2 Å². The molecule has 8 heteroatoms. The van der Waals surface area contributed by atoms with Crippen molar-refractivity contribution in [2.75, 3.05) is 12.4 Å². The topological polar surface area (TPSA) is 87.5 Å². The van der Waals surface area contributed by atoms with Crippen LogP contribution in [0.2, 0.25) is 5.02 Å². The molecule has 0 saturated heterocycles. The van der Waals surface area contributed by atoms with Crippen LogP contribution in [-0.4, -0.2) is 27.3 Å². The third-order valence-electron chi connectivity index (χ3n) is 5.11. The first kappa shape index (κ1) is 20.7. The number of aromatic hydroxyl groups is 2. The van der Waals surface area contributed by atoms with Gasteiger partial charge in [-0.05, 0) is 30.7 Å². The van der Waals surface area contributed by atoms with E-state index in [2.05, 4.69) is 15.3 Å². The number of ether oxygens (including phenoxy) is 1. The van der Waals surface area contributed by atoms with E-state index in [9.17, 15) is 14.6 Å². The molecular formula is C23H19ClFN3O3. The van der Waals surface area contributed by atoms with Gasteiger partial charge in [0.2, 0.25) is 0 Å². The lowest BCUT2D eigenvalue weighted by molar-refractivity contribution is 0.373. The predicted octanol–water partition coefficient (Wildman–Crippen LogP) is 5.35. The summed E-state index contributed by atoms with van der Waals surface area (Å²) in [7, 11) is 1.45. The summed E-state index contributed by atoms with van der Waals surface area (Å²) in [6, 6.07) is 11.2. The van der Waals surface area contributed by atoms with Crippen LogP contribution < -0.4 is 10.1 Å². The van der Waals surface area contributed by atoms with Gasteiger partial charge in [-0.2, -0.15) is 0 Å². The molecule has 4 rings (SSSR count). The van der Waals surface area contributed by atoms with Gasteiger partial charge in [-0.1, -0.05) is 35.9 Å². The van der Waals surface area contributed by atoms with E-state index in [1.165, 1.54) is 19.4 Å². The van der Waals surface area contributed by atoms with Crippen LogP contribution in [0.15, 0.2) is 54.9 Å². The van der Waals surface area contributed by atoms with Crippen molar-refractivity contribution >= 4 is 28.3 Å². The lowest BCUT2D eigenvalue weighted by Gasteiger charge is -2.23. The van der Waals surface area contributed by atoms with E-state index >= 15 is 0 Å². The Labute approximate surface area is 182 Å². The zero-order chi connectivity index (χ0) is 22.1. The molecule has 0 aliphatic heterocycles. The molecule has 2 heterocycles. The Kier molecular flexibility index (Phi) is 5.52. The molecule has 0 spiro atoms. The Bertz CT molecular complexity index is 1280. The fourth-order valence-corrected chi connectivity index (χ4v) is 3.53. The Morgan fingerprint density at radius 2 is 1.94 bits per heavy atom. The smallest absolute Gasteiger partial charge is 0.169 e. The van der Waals surface area contributed by atoms with E-state index in [1.807, 2.05) is 12.1 Å². The number of halogens is 2. The molecule has 1 atom stereocenters. The Morgan fingerprint density at radius 3 is 2.68 bits per heavy atom. The van der Waals surface area contributed by atoms with E-state index in [0.29, 0.717) is 22.4 Å². The quantitative estimate of drug-likeness (QED) is 0.388. The predicted molar refractivity (Wildman–Crippen MR) is 117 cm³/mol. The monoisotopic (exact) mass is 439 g/mol. The van der Waals surface area contributed by atoms with Gasteiger partial charge < -0.3 is 20.3 Å². The van der Waals surface area contributed by atoms with Crippen LogP contribution >= 0.6 is 11.6 Å². The number of nitrogens with zero attached hydrogens (tertiary/aromatic N) is 2. The number of hydrogen-bond acceptors (Lipinski definition) is 6. The number of benzene rings is 2. The number of nitrogens with one attached hydrogen (secondary N) is 1. The SMILES string of the molecule is COc1ccc(C(Nc2ncc(Cl)c(C)c2F)c2ccc3cccnc3c2O)cc1O. The number of phenolic OH excluding ortho intramolecular Hbond substituents is 2. The molecule has 1 unspecified atom stereocenters. The van der Waals surface area contributed by atoms with Crippen LogP contribution in [-0.2, 0) is 0 Å². The Morgan fingerprint density at radius 1 is 1.13 bits per heavy atom. The first-order valence-electron chi connectivity index (χ1n) is 9.41. The van der Waals surface area contributed by atoms with Crippen LogP contribution in [0.3, 0.4) is 0 Å². The van der Waals surface area contributed by atoms with Gasteiger partial charge in [-0.25, -0.2) is 9.37 Å². The Hall–Kier alpha value is -3.58. The van der Waals surface area contributed by atoms with E-state index in [0.717, 1.165) is 5.39 Å². The van der Waals surface area contributed by atoms with Gasteiger partial charge in [0, 0.05) is 28.9 Å². The number of fused-ring (bicyclic) bond motifs is 1. The minimum absolute atomic E-state index is 0.0391. The molecule has 0 bridgehead atoms. The number of methoxy groups -OCH3 is 1. The number of anilines is 1. The van der Waals surface area contributed by atoms with Crippen LogP contribution in [0.4, 0.5) is 10.2 Å². The van der Waals surface area contributed by atoms with E-state index in [-0.39, 0.29) is 27.9 Å². The Balaban J connectivity index is 1.89. The molecule has 0 radical (unpaired) electrons. The van der Waals surface area contributed by atoms with Crippen molar-refractivity contribution in [1.29, 1.82) is 0 Å². The lowest BCUT2D eigenvalue weighted by Crippen LogP contribution is -2.15. The van der Waals surface area contributed by atoms with Gasteiger partial charge in [-0.15, -0.1) is 0 Å². The van der Waals surface area contributed by atoms with Gasteiger partial charge in [0.1, 0.15) is 11.3 Å². The maximum absolute atomic E-state index is 14.9. The molecule has 3 N–H and O–H groups in total. The summed E-state index contributed by atoms with van der Waals surface area (Å²) in [6.45, 7) is 1.55. The fourth-order valence-electron chi connectivity index (χ4n) is 3.40. The molecule has 0 fully saturated rings. The highest BCUT2D eigenvalue weighted by Crippen LogP contribution is 2.39. The fraction of sp³-hybridized carbons (Fsp3) is 0.130. The van der Waals surface area contributed by atoms with Gasteiger partial charge in [0.25, 0.3) is 0 Å². The molecular weight excluding hydrogens is 421 g/mol. The van der Waals surface area contributed by atoms with Crippen molar-refractivity contribution < 1.29 is 19.3 Å². The highest BCUT2D eigenvalue weighted by molar-refractivity contribution is 6.31. The van der Waals surface area contributed by atoms with Crippen LogP contribution in [0.1, 0.15) is 22.7 Å². The van der Waals surface area contributed by atoms with Gasteiger partial charge >= 0.3 is 0 Å². The minimum Gasteiger partial charge on any atom is -0.505 e. The average molecular weight is 440 g/mol. The second-order valence-corrected chi connectivity index (χ2v) is 7.39. The molecule has 0 amide bonds. The summed E-state index contributed by atoms with van der Waals surface area (Å²) in [4.78, 5) is 8.33. The van der Waals surface area contributed by atoms with E-state index in [4.69, 9.17) is 16.3 Å². The molecule has 0 aliphatic carbocycles. The third-order valence-corrected chi connectivity index (χ3v) is 5.49. The summed E-state index contributed by atoms with van der Waals surface area (Å²) >= 11 is 5.98. The summed E-state index contributed by atoms with van der Waals surface area (Å²) < 4.78 is 20.0. The van der Waals surface area contributed by atoms with Crippen molar-refractivity contribution in [3.8, 4) is 17.2 Å². The second-order valence-electron chi connectivity index (χ2n) is 6.98. The zero-order valence-corrected chi connectivity index (χ0v) is 17.5. The average Bonchev–Trinajstić information content (AvgIpc) is 2.78. The molecule has 0 saturated carbocycles. The highest BCUT2D eigenvalue weighted by Gasteiger charge is 2.23. The van der Waals surface area contributed by atoms with Gasteiger partial charge in [-0.3, -0.25) is 4.98 Å². The number of rotatable bonds is 5. The van der Waals surface area contributed by atoms with Crippen LogP contribution in [0, 0.1) is 12.7 Å². The largest absolute Gasteiger partial charge is 0.505 e. The van der Waals surface area contributed by atoms with Crippen molar-refractivity contribution in [2.45, 2.75) is 13.0 Å². The van der Waals surface area contributed by atoms with Crippen LogP contribution in [0.25, 0.3) is 10.9 Å². The first-order chi connectivity index (χ1) is 14.9. The van der Waals surface area contributed by atoms with Gasteiger partial charge in [0.05, 0.1) is 18.2 Å². The molecule has 6 nitrogen and oxygen atoms in total. The molecule has 0 aliphatic rings.